The Bertz CT molecular complexity index is 918. The van der Waals surface area contributed by atoms with Gasteiger partial charge in [-0.1, -0.05) is 11.6 Å². The van der Waals surface area contributed by atoms with Crippen LogP contribution in [-0.2, 0) is 9.53 Å². The number of ether oxygens (including phenoxy) is 2. The van der Waals surface area contributed by atoms with Crippen molar-refractivity contribution >= 4 is 23.1 Å². The predicted molar refractivity (Wildman–Crippen MR) is 101 cm³/mol. The van der Waals surface area contributed by atoms with Gasteiger partial charge in [-0.3, -0.25) is 9.78 Å². The first-order chi connectivity index (χ1) is 13.0. The highest BCUT2D eigenvalue weighted by Crippen LogP contribution is 2.42. The maximum Gasteiger partial charge on any atom is 0.358 e. The van der Waals surface area contributed by atoms with Gasteiger partial charge in [0.25, 0.3) is 0 Å². The summed E-state index contributed by atoms with van der Waals surface area (Å²) in [6.07, 6.45) is 5.70. The van der Waals surface area contributed by atoms with E-state index >= 15 is 0 Å². The average Bonchev–Trinajstić information content (AvgIpc) is 3.13. The molecule has 3 rings (SSSR count). The van der Waals surface area contributed by atoms with E-state index in [9.17, 15) is 9.59 Å². The van der Waals surface area contributed by atoms with E-state index in [-0.39, 0.29) is 18.3 Å². The molecule has 6 heteroatoms. The molecule has 0 N–H and O–H groups in total. The Labute approximate surface area is 158 Å². The second-order valence-corrected chi connectivity index (χ2v) is 6.41. The van der Waals surface area contributed by atoms with Gasteiger partial charge in [0.05, 0.1) is 24.7 Å². The molecule has 1 aromatic carbocycles. The van der Waals surface area contributed by atoms with Crippen LogP contribution in [0.5, 0.6) is 5.75 Å². The number of carbonyl (C=O) groups is 2. The Balaban J connectivity index is 2.07. The zero-order valence-electron chi connectivity index (χ0n) is 15.7. The van der Waals surface area contributed by atoms with Crippen LogP contribution in [0.1, 0.15) is 60.4 Å². The lowest BCUT2D eigenvalue weighted by atomic mass is 9.97. The lowest BCUT2D eigenvalue weighted by Crippen LogP contribution is -2.09. The highest BCUT2D eigenvalue weighted by atomic mass is 16.5. The van der Waals surface area contributed by atoms with Gasteiger partial charge >= 0.3 is 11.9 Å². The van der Waals surface area contributed by atoms with E-state index in [4.69, 9.17) is 9.47 Å². The molecule has 0 amide bonds. The van der Waals surface area contributed by atoms with Crippen molar-refractivity contribution in [1.29, 1.82) is 0 Å². The highest BCUT2D eigenvalue weighted by molar-refractivity contribution is 5.95. The third-order valence-electron chi connectivity index (χ3n) is 4.36. The summed E-state index contributed by atoms with van der Waals surface area (Å²) >= 11 is 0. The Morgan fingerprint density at radius 1 is 1.15 bits per heavy atom. The summed E-state index contributed by atoms with van der Waals surface area (Å²) in [4.78, 5) is 32.1. The molecule has 0 saturated heterocycles. The Hall–Kier alpha value is -3.02. The van der Waals surface area contributed by atoms with Crippen LogP contribution in [0.2, 0.25) is 0 Å². The first kappa shape index (κ1) is 18.8. The molecule has 0 bridgehead atoms. The molecule has 0 fully saturated rings. The molecule has 6 nitrogen and oxygen atoms in total. The summed E-state index contributed by atoms with van der Waals surface area (Å²) in [5.74, 6) is -0.301. The second kappa shape index (κ2) is 8.12. The van der Waals surface area contributed by atoms with Crippen LogP contribution in [0.3, 0.4) is 0 Å². The number of carbonyl (C=O) groups excluding carboxylic acids is 2. The average molecular weight is 366 g/mol. The molecule has 1 heterocycles. The Morgan fingerprint density at radius 2 is 1.93 bits per heavy atom. The van der Waals surface area contributed by atoms with Gasteiger partial charge in [0, 0.05) is 12.5 Å². The first-order valence-electron chi connectivity index (χ1n) is 9.00. The third kappa shape index (κ3) is 4.22. The molecule has 0 unspecified atom stereocenters. The van der Waals surface area contributed by atoms with Crippen molar-refractivity contribution in [2.75, 3.05) is 6.61 Å². The van der Waals surface area contributed by atoms with Crippen LogP contribution in [0.25, 0.3) is 11.1 Å². The van der Waals surface area contributed by atoms with Crippen molar-refractivity contribution in [3.63, 3.8) is 0 Å². The van der Waals surface area contributed by atoms with E-state index < -0.39 is 5.97 Å². The summed E-state index contributed by atoms with van der Waals surface area (Å²) in [5.41, 5.74) is 4.91. The van der Waals surface area contributed by atoms with E-state index in [2.05, 4.69) is 9.97 Å². The van der Waals surface area contributed by atoms with Crippen LogP contribution in [0, 0.1) is 6.92 Å². The lowest BCUT2D eigenvalue weighted by molar-refractivity contribution is -0.131. The third-order valence-corrected chi connectivity index (χ3v) is 4.36. The van der Waals surface area contributed by atoms with Gasteiger partial charge in [0.1, 0.15) is 5.75 Å². The number of aryl methyl sites for hydroxylation is 1. The second-order valence-electron chi connectivity index (χ2n) is 6.41. The maximum atomic E-state index is 12.0. The molecule has 27 heavy (non-hydrogen) atoms. The van der Waals surface area contributed by atoms with Crippen LogP contribution >= 0.6 is 0 Å². The van der Waals surface area contributed by atoms with Gasteiger partial charge in [0.15, 0.2) is 5.69 Å². The van der Waals surface area contributed by atoms with Crippen LogP contribution in [-0.4, -0.2) is 28.5 Å². The fourth-order valence-corrected chi connectivity index (χ4v) is 3.26. The molecule has 0 saturated carbocycles. The molecule has 1 aromatic heterocycles. The molecule has 0 aliphatic heterocycles. The van der Waals surface area contributed by atoms with Crippen molar-refractivity contribution in [3.8, 4) is 5.75 Å². The minimum Gasteiger partial charge on any atom is -0.461 e. The molecule has 0 radical (unpaired) electrons. The van der Waals surface area contributed by atoms with E-state index in [0.29, 0.717) is 11.4 Å². The standard InChI is InChI=1S/C21H22N2O4/c1-4-26-21(25)19-12-22-11-18(23-19)16-7-5-6-15(16)17-10-13(2)8-9-20(17)27-14(3)24/h8-12H,4-7H2,1-3H3. The normalized spacial score (nSPS) is 13.6. The number of esters is 2. The van der Waals surface area contributed by atoms with E-state index in [1.807, 2.05) is 25.1 Å². The number of aromatic nitrogens is 2. The van der Waals surface area contributed by atoms with Crippen molar-refractivity contribution in [2.24, 2.45) is 0 Å². The molecule has 0 atom stereocenters. The molecule has 1 aliphatic carbocycles. The zero-order chi connectivity index (χ0) is 19.4. The topological polar surface area (TPSA) is 78.4 Å². The molecule has 2 aromatic rings. The Morgan fingerprint density at radius 3 is 2.67 bits per heavy atom. The number of benzene rings is 1. The van der Waals surface area contributed by atoms with Crippen molar-refractivity contribution in [3.05, 3.63) is 53.1 Å². The molecular weight excluding hydrogens is 344 g/mol. The molecule has 140 valence electrons. The fraction of sp³-hybridized carbons (Fsp3) is 0.333. The summed E-state index contributed by atoms with van der Waals surface area (Å²) in [7, 11) is 0. The quantitative estimate of drug-likeness (QED) is 0.588. The maximum absolute atomic E-state index is 12.0. The summed E-state index contributed by atoms with van der Waals surface area (Å²) in [6, 6.07) is 5.75. The minimum absolute atomic E-state index is 0.192. The molecule has 1 aliphatic rings. The largest absolute Gasteiger partial charge is 0.461 e. The summed E-state index contributed by atoms with van der Waals surface area (Å²) in [5, 5.41) is 0. The van der Waals surface area contributed by atoms with Gasteiger partial charge in [-0.2, -0.15) is 0 Å². The highest BCUT2D eigenvalue weighted by Gasteiger charge is 2.23. The van der Waals surface area contributed by atoms with E-state index in [0.717, 1.165) is 41.5 Å². The number of rotatable bonds is 5. The molecule has 0 spiro atoms. The van der Waals surface area contributed by atoms with Crippen molar-refractivity contribution < 1.29 is 19.1 Å². The minimum atomic E-state index is -0.483. The number of allylic oxidation sites excluding steroid dienone is 2. The van der Waals surface area contributed by atoms with Crippen LogP contribution in [0.15, 0.2) is 30.6 Å². The van der Waals surface area contributed by atoms with Gasteiger partial charge in [-0.15, -0.1) is 0 Å². The Kier molecular flexibility index (Phi) is 5.64. The lowest BCUT2D eigenvalue weighted by Gasteiger charge is -2.13. The monoisotopic (exact) mass is 366 g/mol. The first-order valence-corrected chi connectivity index (χ1v) is 9.00. The fourth-order valence-electron chi connectivity index (χ4n) is 3.26. The van der Waals surface area contributed by atoms with E-state index in [1.54, 1.807) is 13.1 Å². The van der Waals surface area contributed by atoms with Gasteiger partial charge < -0.3 is 9.47 Å². The zero-order valence-corrected chi connectivity index (χ0v) is 15.7. The van der Waals surface area contributed by atoms with Crippen molar-refractivity contribution in [1.82, 2.24) is 9.97 Å². The SMILES string of the molecule is CCOC(=O)c1cncc(C2=C(c3cc(C)ccc3OC(C)=O)CCC2)n1. The van der Waals surface area contributed by atoms with Gasteiger partial charge in [-0.25, -0.2) is 9.78 Å². The number of hydrogen-bond donors (Lipinski definition) is 0. The van der Waals surface area contributed by atoms with Crippen molar-refractivity contribution in [2.45, 2.75) is 40.0 Å². The van der Waals surface area contributed by atoms with E-state index in [1.165, 1.54) is 13.1 Å². The molecular formula is C21H22N2O4. The van der Waals surface area contributed by atoms with Gasteiger partial charge in [-0.05, 0) is 56.4 Å². The number of hydrogen-bond acceptors (Lipinski definition) is 6. The van der Waals surface area contributed by atoms with Gasteiger partial charge in [0.2, 0.25) is 0 Å². The smallest absolute Gasteiger partial charge is 0.358 e. The van der Waals surface area contributed by atoms with Crippen LogP contribution < -0.4 is 4.74 Å². The summed E-state index contributed by atoms with van der Waals surface area (Å²) < 4.78 is 10.4. The van der Waals surface area contributed by atoms with Crippen LogP contribution in [0.4, 0.5) is 0 Å². The summed E-state index contributed by atoms with van der Waals surface area (Å²) in [6.45, 7) is 5.42. The predicted octanol–water partition coefficient (Wildman–Crippen LogP) is 3.98. The number of nitrogens with zero attached hydrogens (tertiary/aromatic N) is 2.